The summed E-state index contributed by atoms with van der Waals surface area (Å²) in [6, 6.07) is 8.76. The van der Waals surface area contributed by atoms with Gasteiger partial charge in [-0.05, 0) is 29.8 Å². The van der Waals surface area contributed by atoms with Gasteiger partial charge in [0.25, 0.3) is 17.5 Å². The minimum atomic E-state index is -0.537. The first kappa shape index (κ1) is 17.9. The normalized spacial score (nSPS) is 14.4. The Kier molecular flexibility index (Phi) is 5.19. The van der Waals surface area contributed by atoms with Gasteiger partial charge in [0.1, 0.15) is 5.76 Å². The highest BCUT2D eigenvalue weighted by atomic mass is 32.2. The number of benzene rings is 1. The summed E-state index contributed by atoms with van der Waals surface area (Å²) in [4.78, 5) is 37.1. The molecule has 2 aromatic rings. The van der Waals surface area contributed by atoms with Gasteiger partial charge < -0.3 is 9.52 Å². The predicted molar refractivity (Wildman–Crippen MR) is 93.8 cm³/mol. The van der Waals surface area contributed by atoms with Crippen molar-refractivity contribution in [1.82, 2.24) is 4.90 Å². The molecule has 0 fully saturated rings. The van der Waals surface area contributed by atoms with Crippen molar-refractivity contribution in [3.8, 4) is 0 Å². The molecule has 3 rings (SSSR count). The van der Waals surface area contributed by atoms with E-state index < -0.39 is 16.7 Å². The molecular weight excluding hydrogens is 360 g/mol. The maximum absolute atomic E-state index is 12.8. The molecule has 1 aliphatic heterocycles. The predicted octanol–water partition coefficient (Wildman–Crippen LogP) is 2.19. The summed E-state index contributed by atoms with van der Waals surface area (Å²) >= 11 is 1.08. The van der Waals surface area contributed by atoms with E-state index in [0.29, 0.717) is 11.3 Å². The third kappa shape index (κ3) is 3.39. The molecule has 0 bridgehead atoms. The zero-order chi connectivity index (χ0) is 18.7. The molecule has 2 heterocycles. The van der Waals surface area contributed by atoms with Crippen LogP contribution in [0.3, 0.4) is 0 Å². The van der Waals surface area contributed by atoms with Gasteiger partial charge in [0.2, 0.25) is 0 Å². The van der Waals surface area contributed by atoms with Crippen LogP contribution in [0.25, 0.3) is 5.57 Å². The van der Waals surface area contributed by atoms with E-state index in [0.717, 1.165) is 16.7 Å². The van der Waals surface area contributed by atoms with E-state index in [1.165, 1.54) is 30.5 Å². The van der Waals surface area contributed by atoms with Crippen LogP contribution in [0.4, 0.5) is 5.69 Å². The van der Waals surface area contributed by atoms with Gasteiger partial charge in [-0.3, -0.25) is 24.6 Å². The molecule has 2 amide bonds. The Morgan fingerprint density at radius 3 is 2.46 bits per heavy atom. The second kappa shape index (κ2) is 7.54. The molecule has 0 radical (unpaired) electrons. The van der Waals surface area contributed by atoms with Crippen LogP contribution in [0.15, 0.2) is 52.0 Å². The van der Waals surface area contributed by atoms with E-state index in [1.807, 2.05) is 0 Å². The van der Waals surface area contributed by atoms with Gasteiger partial charge in [0.05, 0.1) is 34.8 Å². The van der Waals surface area contributed by atoms with Crippen LogP contribution in [0.1, 0.15) is 11.3 Å². The molecule has 1 aromatic carbocycles. The van der Waals surface area contributed by atoms with Gasteiger partial charge in [-0.2, -0.15) is 0 Å². The van der Waals surface area contributed by atoms with Crippen molar-refractivity contribution in [2.45, 2.75) is 6.54 Å². The topological polar surface area (TPSA) is 114 Å². The molecule has 0 saturated heterocycles. The number of nitro benzene ring substituents is 1. The van der Waals surface area contributed by atoms with Crippen LogP contribution in [0.5, 0.6) is 0 Å². The summed E-state index contributed by atoms with van der Waals surface area (Å²) in [6.07, 6.45) is 1.45. The Morgan fingerprint density at radius 1 is 1.15 bits per heavy atom. The van der Waals surface area contributed by atoms with Crippen molar-refractivity contribution in [3.05, 3.63) is 69.0 Å². The Morgan fingerprint density at radius 2 is 1.88 bits per heavy atom. The number of thioether (sulfide) groups is 1. The number of furan rings is 1. The second-order valence-electron chi connectivity index (χ2n) is 5.36. The van der Waals surface area contributed by atoms with E-state index in [2.05, 4.69) is 0 Å². The van der Waals surface area contributed by atoms with E-state index in [9.17, 15) is 19.7 Å². The second-order valence-corrected chi connectivity index (χ2v) is 6.46. The number of imide groups is 1. The maximum Gasteiger partial charge on any atom is 0.269 e. The number of nitrogens with zero attached hydrogens (tertiary/aromatic N) is 2. The van der Waals surface area contributed by atoms with Gasteiger partial charge in [0.15, 0.2) is 0 Å². The molecule has 1 aromatic heterocycles. The molecule has 0 spiro atoms. The number of carbonyl (C=O) groups is 2. The van der Waals surface area contributed by atoms with Gasteiger partial charge in [-0.15, -0.1) is 11.8 Å². The highest BCUT2D eigenvalue weighted by Gasteiger charge is 2.39. The molecule has 0 atom stereocenters. The molecule has 0 unspecified atom stereocenters. The molecule has 8 nitrogen and oxygen atoms in total. The summed E-state index contributed by atoms with van der Waals surface area (Å²) in [5, 5.41) is 19.9. The first-order valence-electron chi connectivity index (χ1n) is 7.64. The minimum absolute atomic E-state index is 0.00959. The Bertz CT molecular complexity index is 873. The first-order valence-corrected chi connectivity index (χ1v) is 8.63. The molecule has 0 aliphatic carbocycles. The van der Waals surface area contributed by atoms with Crippen molar-refractivity contribution >= 4 is 34.8 Å². The van der Waals surface area contributed by atoms with E-state index in [4.69, 9.17) is 9.52 Å². The Labute approximate surface area is 152 Å². The Balaban J connectivity index is 1.96. The monoisotopic (exact) mass is 374 g/mol. The highest BCUT2D eigenvalue weighted by molar-refractivity contribution is 8.04. The average molecular weight is 374 g/mol. The van der Waals surface area contributed by atoms with Crippen LogP contribution >= 0.6 is 11.8 Å². The standard InChI is InChI=1S/C17H14N2O6S/c20-7-9-26-15-14(11-3-5-12(6-4-11)19(23)24)16(21)18(17(15)22)10-13-2-1-8-25-13/h1-6,8,20H,7,9-10H2. The van der Waals surface area contributed by atoms with E-state index in [1.54, 1.807) is 12.1 Å². The quantitative estimate of drug-likeness (QED) is 0.449. The molecular formula is C17H14N2O6S. The third-order valence-electron chi connectivity index (χ3n) is 3.72. The number of non-ortho nitro benzene ring substituents is 1. The van der Waals surface area contributed by atoms with Crippen molar-refractivity contribution in [3.63, 3.8) is 0 Å². The Hall–Kier alpha value is -2.91. The van der Waals surface area contributed by atoms with Crippen LogP contribution in [0, 0.1) is 10.1 Å². The van der Waals surface area contributed by atoms with Gasteiger partial charge in [-0.1, -0.05) is 0 Å². The number of hydrogen-bond acceptors (Lipinski definition) is 7. The van der Waals surface area contributed by atoms with Crippen LogP contribution in [0.2, 0.25) is 0 Å². The number of nitro groups is 1. The fourth-order valence-corrected chi connectivity index (χ4v) is 3.42. The SMILES string of the molecule is O=C1C(SCCO)=C(c2ccc([N+](=O)[O-])cc2)C(=O)N1Cc1ccco1. The molecule has 1 N–H and O–H groups in total. The lowest BCUT2D eigenvalue weighted by Crippen LogP contribution is -2.30. The third-order valence-corrected chi connectivity index (χ3v) is 4.78. The number of aliphatic hydroxyl groups is 1. The van der Waals surface area contributed by atoms with Crippen LogP contribution in [-0.4, -0.2) is 39.1 Å². The van der Waals surface area contributed by atoms with E-state index >= 15 is 0 Å². The largest absolute Gasteiger partial charge is 0.467 e. The average Bonchev–Trinajstić information content (AvgIpc) is 3.22. The van der Waals surface area contributed by atoms with Crippen LogP contribution < -0.4 is 0 Å². The lowest BCUT2D eigenvalue weighted by atomic mass is 10.1. The molecule has 134 valence electrons. The fourth-order valence-electron chi connectivity index (χ4n) is 2.54. The van der Waals surface area contributed by atoms with Gasteiger partial charge >= 0.3 is 0 Å². The summed E-state index contributed by atoms with van der Waals surface area (Å²) in [7, 11) is 0. The highest BCUT2D eigenvalue weighted by Crippen LogP contribution is 2.37. The van der Waals surface area contributed by atoms with Crippen molar-refractivity contribution < 1.29 is 24.0 Å². The van der Waals surface area contributed by atoms with Crippen LogP contribution in [-0.2, 0) is 16.1 Å². The first-order chi connectivity index (χ1) is 12.5. The van der Waals surface area contributed by atoms with Gasteiger partial charge in [0, 0.05) is 17.9 Å². The number of rotatable bonds is 7. The molecule has 1 aliphatic rings. The number of carbonyl (C=O) groups excluding carboxylic acids is 2. The summed E-state index contributed by atoms with van der Waals surface area (Å²) in [5.41, 5.74) is 0.481. The molecule has 9 heteroatoms. The van der Waals surface area contributed by atoms with E-state index in [-0.39, 0.29) is 35.1 Å². The maximum atomic E-state index is 12.8. The summed E-state index contributed by atoms with van der Waals surface area (Å²) < 4.78 is 5.21. The van der Waals surface area contributed by atoms with Crippen molar-refractivity contribution in [1.29, 1.82) is 0 Å². The lowest BCUT2D eigenvalue weighted by molar-refractivity contribution is -0.384. The molecule has 26 heavy (non-hydrogen) atoms. The van der Waals surface area contributed by atoms with Crippen molar-refractivity contribution in [2.24, 2.45) is 0 Å². The van der Waals surface area contributed by atoms with Crippen molar-refractivity contribution in [2.75, 3.05) is 12.4 Å². The zero-order valence-corrected chi connectivity index (χ0v) is 14.3. The summed E-state index contributed by atoms with van der Waals surface area (Å²) in [6.45, 7) is -0.161. The lowest BCUT2D eigenvalue weighted by Gasteiger charge is -2.13. The zero-order valence-electron chi connectivity index (χ0n) is 13.5. The number of hydrogen-bond donors (Lipinski definition) is 1. The molecule has 0 saturated carbocycles. The number of amides is 2. The summed E-state index contributed by atoms with van der Waals surface area (Å²) in [5.74, 6) is -0.263. The number of aliphatic hydroxyl groups excluding tert-OH is 1. The fraction of sp³-hybridized carbons (Fsp3) is 0.176. The van der Waals surface area contributed by atoms with Gasteiger partial charge in [-0.25, -0.2) is 0 Å². The minimum Gasteiger partial charge on any atom is -0.467 e. The smallest absolute Gasteiger partial charge is 0.269 e.